The van der Waals surface area contributed by atoms with Gasteiger partial charge in [-0.2, -0.15) is 10.5 Å². The number of hydrogen-bond acceptors (Lipinski definition) is 7. The van der Waals surface area contributed by atoms with E-state index in [2.05, 4.69) is 98.2 Å². The van der Waals surface area contributed by atoms with E-state index in [4.69, 9.17) is 0 Å². The van der Waals surface area contributed by atoms with E-state index in [-0.39, 0.29) is 28.4 Å². The van der Waals surface area contributed by atoms with Gasteiger partial charge in [0.25, 0.3) is 0 Å². The zero-order valence-electron chi connectivity index (χ0n) is 42.8. The predicted octanol–water partition coefficient (Wildman–Crippen LogP) is 17.6. The fourth-order valence-corrected chi connectivity index (χ4v) is 11.0. The van der Waals surface area contributed by atoms with Crippen molar-refractivity contribution >= 4 is 60.0 Å². The van der Waals surface area contributed by atoms with E-state index in [1.54, 1.807) is 0 Å². The normalized spacial score (nSPS) is 13.6. The molecule has 70 heavy (non-hydrogen) atoms. The zero-order chi connectivity index (χ0) is 49.4. The summed E-state index contributed by atoms with van der Waals surface area (Å²) >= 11 is 0. The number of phenols is 2. The van der Waals surface area contributed by atoms with Crippen LogP contribution in [-0.2, 0) is 0 Å². The van der Waals surface area contributed by atoms with Gasteiger partial charge in [0.2, 0.25) is 0 Å². The largest absolute Gasteiger partial charge is 0.511 e. The molecule has 0 aromatic heterocycles. The SMILES string of the molecule is CCCCCCCN(CCCCCCC)c1cc(O)c(C2=C(O)C(c3c(O)cc(N(CCCCCCC)CCCCCCC)c4cc5ccccc5cc34)C2=C(C#N)C#N)c2cc3ccccc3cc12. The Hall–Kier alpha value is -6.18. The maximum atomic E-state index is 12.8. The molecule has 1 unspecified atom stereocenters. The molecule has 3 N–H and O–H groups in total. The minimum atomic E-state index is -0.990. The summed E-state index contributed by atoms with van der Waals surface area (Å²) in [5, 5.41) is 66.8. The second-order valence-electron chi connectivity index (χ2n) is 19.9. The quantitative estimate of drug-likeness (QED) is 0.0255. The molecular weight excluding hydrogens is 861 g/mol. The average Bonchev–Trinajstić information content (AvgIpc) is 3.37. The van der Waals surface area contributed by atoms with E-state index in [1.807, 2.05) is 36.4 Å². The third-order valence-electron chi connectivity index (χ3n) is 14.9. The minimum Gasteiger partial charge on any atom is -0.511 e. The number of benzene rings is 6. The van der Waals surface area contributed by atoms with Crippen LogP contribution in [0.25, 0.3) is 48.7 Å². The van der Waals surface area contributed by atoms with Crippen molar-refractivity contribution < 1.29 is 15.3 Å². The van der Waals surface area contributed by atoms with E-state index in [1.165, 1.54) is 77.0 Å². The van der Waals surface area contributed by atoms with Crippen LogP contribution in [0.3, 0.4) is 0 Å². The molecular formula is C63H78N4O3. The summed E-state index contributed by atoms with van der Waals surface area (Å²) in [6.07, 6.45) is 23.1. The first-order chi connectivity index (χ1) is 34.3. The Morgan fingerprint density at radius 3 is 1.21 bits per heavy atom. The second-order valence-corrected chi connectivity index (χ2v) is 19.9. The topological polar surface area (TPSA) is 115 Å². The smallest absolute Gasteiger partial charge is 0.134 e. The van der Waals surface area contributed by atoms with Gasteiger partial charge in [0.15, 0.2) is 0 Å². The number of anilines is 2. The van der Waals surface area contributed by atoms with Crippen molar-refractivity contribution in [2.75, 3.05) is 36.0 Å². The maximum Gasteiger partial charge on any atom is 0.134 e. The van der Waals surface area contributed by atoms with Crippen molar-refractivity contribution in [3.8, 4) is 23.6 Å². The molecule has 0 saturated heterocycles. The molecule has 0 amide bonds. The molecule has 0 radical (unpaired) electrons. The third-order valence-corrected chi connectivity index (χ3v) is 14.9. The summed E-state index contributed by atoms with van der Waals surface area (Å²) in [5.74, 6) is -1.08. The number of unbranched alkanes of at least 4 members (excludes halogenated alkanes) is 16. The van der Waals surface area contributed by atoms with Gasteiger partial charge < -0.3 is 25.1 Å². The van der Waals surface area contributed by atoms with Gasteiger partial charge in [0, 0.05) is 82.7 Å². The zero-order valence-corrected chi connectivity index (χ0v) is 42.8. The number of aromatic hydroxyl groups is 2. The van der Waals surface area contributed by atoms with E-state index in [0.29, 0.717) is 16.7 Å². The molecule has 0 heterocycles. The lowest BCUT2D eigenvalue weighted by molar-refractivity contribution is 0.364. The predicted molar refractivity (Wildman–Crippen MR) is 296 cm³/mol. The van der Waals surface area contributed by atoms with Crippen LogP contribution < -0.4 is 9.80 Å². The van der Waals surface area contributed by atoms with Crippen LogP contribution in [0.4, 0.5) is 11.4 Å². The Bertz CT molecular complexity index is 2840. The van der Waals surface area contributed by atoms with Crippen molar-refractivity contribution in [3.63, 3.8) is 0 Å². The monoisotopic (exact) mass is 939 g/mol. The molecule has 0 saturated carbocycles. The summed E-state index contributed by atoms with van der Waals surface area (Å²) in [6, 6.07) is 33.1. The Morgan fingerprint density at radius 2 is 0.814 bits per heavy atom. The minimum absolute atomic E-state index is 0.00649. The molecule has 0 spiro atoms. The Morgan fingerprint density at radius 1 is 0.457 bits per heavy atom. The number of aliphatic hydroxyl groups is 1. The van der Waals surface area contributed by atoms with E-state index < -0.39 is 5.92 Å². The van der Waals surface area contributed by atoms with Gasteiger partial charge in [0.05, 0.1) is 5.92 Å². The summed E-state index contributed by atoms with van der Waals surface area (Å²) in [4.78, 5) is 4.89. The van der Waals surface area contributed by atoms with E-state index in [0.717, 1.165) is 132 Å². The van der Waals surface area contributed by atoms with Gasteiger partial charge in [-0.3, -0.25) is 0 Å². The van der Waals surface area contributed by atoms with Crippen molar-refractivity contribution in [2.24, 2.45) is 0 Å². The number of hydrogen-bond donors (Lipinski definition) is 3. The molecule has 0 fully saturated rings. The summed E-state index contributed by atoms with van der Waals surface area (Å²) in [5.41, 5.74) is 3.17. The first kappa shape index (κ1) is 51.7. The van der Waals surface area contributed by atoms with Gasteiger partial charge in [-0.05, 0) is 82.3 Å². The van der Waals surface area contributed by atoms with Gasteiger partial charge in [-0.1, -0.05) is 179 Å². The number of nitriles is 2. The summed E-state index contributed by atoms with van der Waals surface area (Å²) < 4.78 is 0. The highest BCUT2D eigenvalue weighted by Crippen LogP contribution is 2.59. The van der Waals surface area contributed by atoms with Crippen LogP contribution in [0.2, 0.25) is 0 Å². The van der Waals surface area contributed by atoms with Crippen LogP contribution in [-0.4, -0.2) is 41.5 Å². The Balaban J connectivity index is 1.41. The molecule has 7 rings (SSSR count). The van der Waals surface area contributed by atoms with Gasteiger partial charge in [-0.15, -0.1) is 0 Å². The molecule has 0 bridgehead atoms. The highest BCUT2D eigenvalue weighted by atomic mass is 16.3. The molecule has 6 aromatic carbocycles. The highest BCUT2D eigenvalue weighted by Gasteiger charge is 2.44. The number of nitrogens with zero attached hydrogens (tertiary/aromatic N) is 4. The molecule has 7 nitrogen and oxygen atoms in total. The Labute approximate surface area is 418 Å². The average molecular weight is 939 g/mol. The second kappa shape index (κ2) is 25.6. The fraction of sp³-hybridized carbons (Fsp3) is 0.460. The molecule has 6 aromatic rings. The van der Waals surface area contributed by atoms with Crippen LogP contribution >= 0.6 is 0 Å². The lowest BCUT2D eigenvalue weighted by Crippen LogP contribution is -2.27. The van der Waals surface area contributed by atoms with Crippen LogP contribution in [0.5, 0.6) is 11.5 Å². The van der Waals surface area contributed by atoms with Crippen molar-refractivity contribution in [2.45, 2.75) is 162 Å². The first-order valence-corrected chi connectivity index (χ1v) is 27.1. The van der Waals surface area contributed by atoms with E-state index in [9.17, 15) is 25.8 Å². The van der Waals surface area contributed by atoms with Crippen molar-refractivity contribution in [1.82, 2.24) is 0 Å². The number of aliphatic hydroxyl groups excluding tert-OH is 1. The highest BCUT2D eigenvalue weighted by molar-refractivity contribution is 6.14. The molecule has 1 aliphatic rings. The standard InChI is InChI=1S/C63H78N4O3/c1-5-9-13-17-25-33-66(34-26-18-14-10-6-2)54-41-56(68)59(52-39-47-31-23-21-29-45(47)37-50(52)54)61-58(49(43-64)44-65)62(63(61)70)60-53-40-48-32-24-22-30-46(48)38-51(53)55(42-57(60)69)67(35-27-19-15-11-7-3)36-28-20-16-12-8-4/h21-24,29-32,37-42,61,68-70H,5-20,25-28,33-36H2,1-4H3. The Kier molecular flexibility index (Phi) is 18.9. The fourth-order valence-electron chi connectivity index (χ4n) is 11.0. The number of fused-ring (bicyclic) bond motifs is 4. The summed E-state index contributed by atoms with van der Waals surface area (Å²) in [7, 11) is 0. The number of allylic oxidation sites excluding steroid dienone is 3. The van der Waals surface area contributed by atoms with Gasteiger partial charge in [0.1, 0.15) is 35.0 Å². The lowest BCUT2D eigenvalue weighted by Gasteiger charge is -2.37. The number of phenolic OH excluding ortho intramolecular Hbond substituents is 2. The summed E-state index contributed by atoms with van der Waals surface area (Å²) in [6.45, 7) is 12.4. The van der Waals surface area contributed by atoms with Crippen LogP contribution in [0, 0.1) is 22.7 Å². The molecule has 1 atom stereocenters. The van der Waals surface area contributed by atoms with Crippen LogP contribution in [0.1, 0.15) is 173 Å². The van der Waals surface area contributed by atoms with Crippen molar-refractivity contribution in [1.29, 1.82) is 10.5 Å². The molecule has 7 heteroatoms. The maximum absolute atomic E-state index is 12.8. The third kappa shape index (κ3) is 11.7. The van der Waals surface area contributed by atoms with Crippen molar-refractivity contribution in [3.05, 3.63) is 113 Å². The van der Waals surface area contributed by atoms with E-state index >= 15 is 0 Å². The van der Waals surface area contributed by atoms with Crippen LogP contribution in [0.15, 0.2) is 102 Å². The van der Waals surface area contributed by atoms with Gasteiger partial charge in [-0.25, -0.2) is 0 Å². The number of rotatable bonds is 28. The molecule has 368 valence electrons. The lowest BCUT2D eigenvalue weighted by atomic mass is 9.67. The first-order valence-electron chi connectivity index (χ1n) is 27.1. The van der Waals surface area contributed by atoms with Gasteiger partial charge >= 0.3 is 0 Å². The molecule has 1 aliphatic carbocycles. The molecule has 0 aliphatic heterocycles.